The summed E-state index contributed by atoms with van der Waals surface area (Å²) in [6.45, 7) is 4.52. The van der Waals surface area contributed by atoms with E-state index in [1.165, 1.54) is 16.2 Å². The third-order valence-electron chi connectivity index (χ3n) is 4.72. The number of fused-ring (bicyclic) bond motifs is 1. The average molecular weight is 458 g/mol. The van der Waals surface area contributed by atoms with E-state index in [0.717, 1.165) is 21.6 Å². The molecule has 0 spiro atoms. The number of para-hydroxylation sites is 1. The van der Waals surface area contributed by atoms with Gasteiger partial charge < -0.3 is 15.2 Å². The maximum atomic E-state index is 12.5. The molecule has 0 aliphatic carbocycles. The van der Waals surface area contributed by atoms with Crippen LogP contribution in [0.2, 0.25) is 0 Å². The van der Waals surface area contributed by atoms with Gasteiger partial charge >= 0.3 is 0 Å². The van der Waals surface area contributed by atoms with Gasteiger partial charge in [-0.3, -0.25) is 19.3 Å². The number of carboxylic acid groups (broad SMARTS) is 1. The van der Waals surface area contributed by atoms with Crippen LogP contribution in [0.3, 0.4) is 0 Å². The summed E-state index contributed by atoms with van der Waals surface area (Å²) in [7, 11) is 0. The number of nitrogens with one attached hydrogen (secondary N) is 1. The van der Waals surface area contributed by atoms with Crippen molar-refractivity contribution in [3.05, 3.63) is 41.0 Å². The molecule has 3 heterocycles. The van der Waals surface area contributed by atoms with E-state index in [-0.39, 0.29) is 24.7 Å². The van der Waals surface area contributed by atoms with Crippen LogP contribution < -0.4 is 15.0 Å². The van der Waals surface area contributed by atoms with Gasteiger partial charge in [0.15, 0.2) is 0 Å². The molecule has 2 N–H and O–H groups in total. The minimum atomic E-state index is -0.395. The van der Waals surface area contributed by atoms with E-state index in [0.29, 0.717) is 30.6 Å². The molecular weight excluding hydrogens is 434 g/mol. The van der Waals surface area contributed by atoms with E-state index in [9.17, 15) is 9.59 Å². The minimum Gasteiger partial charge on any atom is -0.489 e. The summed E-state index contributed by atoms with van der Waals surface area (Å²) < 4.78 is 5.83. The Morgan fingerprint density at radius 3 is 2.81 bits per heavy atom. The molecule has 32 heavy (non-hydrogen) atoms. The number of anilines is 1. The number of hydrogen-bond acceptors (Lipinski definition) is 8. The number of hydrogen-bond donors (Lipinski definition) is 2. The van der Waals surface area contributed by atoms with Gasteiger partial charge in [-0.05, 0) is 26.0 Å². The maximum absolute atomic E-state index is 12.5. The Hall–Kier alpha value is -3.60. The minimum absolute atomic E-state index is 0.102. The number of aromatic nitrogens is 3. The van der Waals surface area contributed by atoms with Crippen LogP contribution in [0.25, 0.3) is 10.9 Å². The first-order valence-electron chi connectivity index (χ1n) is 9.88. The van der Waals surface area contributed by atoms with E-state index in [1.54, 1.807) is 0 Å². The molecule has 1 aliphatic rings. The summed E-state index contributed by atoms with van der Waals surface area (Å²) >= 11 is 1.35. The van der Waals surface area contributed by atoms with E-state index in [2.05, 4.69) is 20.5 Å². The normalized spacial score (nSPS) is 15.2. The van der Waals surface area contributed by atoms with Gasteiger partial charge in [-0.2, -0.15) is 0 Å². The first kappa shape index (κ1) is 23.1. The number of ether oxygens (including phenoxy) is 1. The summed E-state index contributed by atoms with van der Waals surface area (Å²) in [5.74, 6) is 0.0372. The molecule has 0 bridgehead atoms. The molecule has 2 aromatic heterocycles. The molecule has 1 atom stereocenters. The topological polar surface area (TPSA) is 135 Å². The number of carbonyl (C=O) groups excluding carboxylic acids is 2. The molecule has 2 amide bonds. The number of nitrogens with zero attached hydrogens (tertiary/aromatic N) is 4. The van der Waals surface area contributed by atoms with E-state index < -0.39 is 5.92 Å². The second kappa shape index (κ2) is 10.6. The van der Waals surface area contributed by atoms with E-state index >= 15 is 0 Å². The molecule has 1 aromatic carbocycles. The van der Waals surface area contributed by atoms with Crippen LogP contribution in [0.15, 0.2) is 30.3 Å². The SMILES string of the molecule is Cc1ccc2cccc(OCCNC(=O)C3CC(=O)N(c4nnc(C)s4)C3)c2n1.O=CO. The molecule has 3 aromatic rings. The van der Waals surface area contributed by atoms with Crippen molar-refractivity contribution in [1.82, 2.24) is 20.5 Å². The Bertz CT molecular complexity index is 1120. The standard InChI is InChI=1S/C20H21N5O3S.CH2O2/c1-12-6-7-14-4-3-5-16(18(14)22-12)28-9-8-21-19(27)15-10-17(26)25(11-15)20-24-23-13(2)29-20;2-1-3/h3-7,15H,8-11H2,1-2H3,(H,21,27);1H,(H,2,3). The zero-order valence-corrected chi connectivity index (χ0v) is 18.5. The van der Waals surface area contributed by atoms with Gasteiger partial charge in [0.05, 0.1) is 12.5 Å². The van der Waals surface area contributed by atoms with E-state index in [1.807, 2.05) is 44.2 Å². The van der Waals surface area contributed by atoms with Crippen LogP contribution in [-0.2, 0) is 14.4 Å². The Labute approximate surface area is 188 Å². The lowest BCUT2D eigenvalue weighted by Crippen LogP contribution is -2.35. The Balaban J connectivity index is 0.000000913. The first-order valence-corrected chi connectivity index (χ1v) is 10.7. The lowest BCUT2D eigenvalue weighted by atomic mass is 10.1. The summed E-state index contributed by atoms with van der Waals surface area (Å²) in [5.41, 5.74) is 1.73. The molecular formula is C21H23N5O5S. The van der Waals surface area contributed by atoms with Gasteiger partial charge in [0.1, 0.15) is 22.9 Å². The average Bonchev–Trinajstić information content (AvgIpc) is 3.37. The van der Waals surface area contributed by atoms with Gasteiger partial charge in [-0.25, -0.2) is 4.98 Å². The Kier molecular flexibility index (Phi) is 7.66. The zero-order chi connectivity index (χ0) is 23.1. The number of pyridine rings is 1. The number of benzene rings is 1. The van der Waals surface area contributed by atoms with Crippen molar-refractivity contribution in [2.45, 2.75) is 20.3 Å². The van der Waals surface area contributed by atoms with Crippen molar-refractivity contribution in [3.8, 4) is 5.75 Å². The van der Waals surface area contributed by atoms with Crippen LogP contribution in [-0.4, -0.2) is 58.3 Å². The first-order chi connectivity index (χ1) is 15.4. The number of rotatable bonds is 6. The molecule has 1 saturated heterocycles. The smallest absolute Gasteiger partial charge is 0.290 e. The van der Waals surface area contributed by atoms with Crippen molar-refractivity contribution in [3.63, 3.8) is 0 Å². The fourth-order valence-electron chi connectivity index (χ4n) is 3.28. The number of aryl methyl sites for hydroxylation is 2. The van der Waals surface area contributed by atoms with Crippen LogP contribution in [0, 0.1) is 19.8 Å². The predicted octanol–water partition coefficient (Wildman–Crippen LogP) is 1.95. The number of amides is 2. The third-order valence-corrected chi connectivity index (χ3v) is 5.59. The second-order valence-corrected chi connectivity index (χ2v) is 8.19. The summed E-state index contributed by atoms with van der Waals surface area (Å²) in [5, 5.41) is 20.0. The van der Waals surface area contributed by atoms with Gasteiger partial charge in [0.2, 0.25) is 16.9 Å². The summed E-state index contributed by atoms with van der Waals surface area (Å²) in [4.78, 5) is 39.1. The Morgan fingerprint density at radius 1 is 1.31 bits per heavy atom. The molecule has 1 unspecified atom stereocenters. The maximum Gasteiger partial charge on any atom is 0.290 e. The highest BCUT2D eigenvalue weighted by Gasteiger charge is 2.36. The predicted molar refractivity (Wildman–Crippen MR) is 119 cm³/mol. The summed E-state index contributed by atoms with van der Waals surface area (Å²) in [6, 6.07) is 9.74. The van der Waals surface area contributed by atoms with Gasteiger partial charge in [0.25, 0.3) is 6.47 Å². The molecule has 11 heteroatoms. The Morgan fingerprint density at radius 2 is 2.09 bits per heavy atom. The molecule has 1 fully saturated rings. The molecule has 10 nitrogen and oxygen atoms in total. The van der Waals surface area contributed by atoms with E-state index in [4.69, 9.17) is 14.6 Å². The molecule has 168 valence electrons. The fraction of sp³-hybridized carbons (Fsp3) is 0.333. The molecule has 4 rings (SSSR count). The van der Waals surface area contributed by atoms with Gasteiger partial charge in [-0.15, -0.1) is 10.2 Å². The molecule has 1 aliphatic heterocycles. The lowest BCUT2D eigenvalue weighted by Gasteiger charge is -2.13. The highest BCUT2D eigenvalue weighted by atomic mass is 32.1. The van der Waals surface area contributed by atoms with Crippen molar-refractivity contribution in [1.29, 1.82) is 0 Å². The van der Waals surface area contributed by atoms with Crippen molar-refractivity contribution in [2.75, 3.05) is 24.6 Å². The number of carbonyl (C=O) groups is 3. The molecule has 0 saturated carbocycles. The van der Waals surface area contributed by atoms with Gasteiger partial charge in [0, 0.05) is 24.0 Å². The van der Waals surface area contributed by atoms with Crippen LogP contribution >= 0.6 is 11.3 Å². The fourth-order valence-corrected chi connectivity index (χ4v) is 3.99. The monoisotopic (exact) mass is 457 g/mol. The van der Waals surface area contributed by atoms with Crippen LogP contribution in [0.4, 0.5) is 5.13 Å². The third kappa shape index (κ3) is 5.55. The highest BCUT2D eigenvalue weighted by Crippen LogP contribution is 2.27. The lowest BCUT2D eigenvalue weighted by molar-refractivity contribution is -0.126. The second-order valence-electron chi connectivity index (χ2n) is 7.03. The molecule has 0 radical (unpaired) electrons. The summed E-state index contributed by atoms with van der Waals surface area (Å²) in [6.07, 6.45) is 0.178. The zero-order valence-electron chi connectivity index (χ0n) is 17.6. The van der Waals surface area contributed by atoms with Crippen molar-refractivity contribution < 1.29 is 24.2 Å². The van der Waals surface area contributed by atoms with Crippen molar-refractivity contribution in [2.24, 2.45) is 5.92 Å². The van der Waals surface area contributed by atoms with Crippen LogP contribution in [0.5, 0.6) is 5.75 Å². The highest BCUT2D eigenvalue weighted by molar-refractivity contribution is 7.15. The largest absolute Gasteiger partial charge is 0.489 e. The quantitative estimate of drug-likeness (QED) is 0.424. The van der Waals surface area contributed by atoms with Crippen molar-refractivity contribution >= 4 is 45.7 Å². The van der Waals surface area contributed by atoms with Crippen LogP contribution in [0.1, 0.15) is 17.1 Å². The van der Waals surface area contributed by atoms with Gasteiger partial charge in [-0.1, -0.05) is 29.5 Å².